The molecule has 1 saturated carbocycles. The van der Waals surface area contributed by atoms with E-state index in [-0.39, 0.29) is 6.03 Å². The minimum absolute atomic E-state index is 0.179. The standard InChI is InChI=1S/C20H29N3O.C13H18N2/c1-15-7-9-19(10-8-15)22-11-16-13-23(14-17(16)12-22)20(24)21-18-5-3-2-4-6-18;1-10-2-4-13(5-3-10)15-8-11-6-14-7-12(11)9-15/h7-10,16-18H,2-6,11-14H2,1H3,(H,21,24);2-5,11-12,14H,6-9H2,1H3/t16-,17+;11-,12+. The number of urea groups is 1. The molecule has 1 aliphatic carbocycles. The monoisotopic (exact) mass is 529 g/mol. The van der Waals surface area contributed by atoms with E-state index >= 15 is 0 Å². The number of hydrogen-bond donors (Lipinski definition) is 2. The number of fused-ring (bicyclic) bond motifs is 2. The Balaban J connectivity index is 0.000000158. The lowest BCUT2D eigenvalue weighted by Gasteiger charge is -2.27. The van der Waals surface area contributed by atoms with Gasteiger partial charge in [0.25, 0.3) is 0 Å². The highest BCUT2D eigenvalue weighted by atomic mass is 16.2. The SMILES string of the molecule is Cc1ccc(N2C[C@H]3CN(C(=O)NC4CCCCC4)C[C@H]3C2)cc1.Cc1ccc(N2C[C@H]3CNC[C@H]3C2)cc1. The van der Waals surface area contributed by atoms with Crippen LogP contribution >= 0.6 is 0 Å². The summed E-state index contributed by atoms with van der Waals surface area (Å²) in [6, 6.07) is 18.3. The summed E-state index contributed by atoms with van der Waals surface area (Å²) in [6.45, 7) is 13.2. The summed E-state index contributed by atoms with van der Waals surface area (Å²) in [4.78, 5) is 19.6. The van der Waals surface area contributed by atoms with Gasteiger partial charge in [-0.3, -0.25) is 0 Å². The Kier molecular flexibility index (Phi) is 8.01. The molecule has 5 fully saturated rings. The molecule has 39 heavy (non-hydrogen) atoms. The minimum atomic E-state index is 0.179. The van der Waals surface area contributed by atoms with E-state index in [1.54, 1.807) is 0 Å². The number of nitrogens with one attached hydrogen (secondary N) is 2. The summed E-state index contributed by atoms with van der Waals surface area (Å²) >= 11 is 0. The van der Waals surface area contributed by atoms with Gasteiger partial charge >= 0.3 is 6.03 Å². The molecule has 210 valence electrons. The van der Waals surface area contributed by atoms with Gasteiger partial charge in [-0.05, 0) is 62.8 Å². The zero-order valence-electron chi connectivity index (χ0n) is 23.9. The van der Waals surface area contributed by atoms with E-state index in [4.69, 9.17) is 0 Å². The highest BCUT2D eigenvalue weighted by Gasteiger charge is 2.42. The van der Waals surface area contributed by atoms with E-state index in [1.807, 2.05) is 0 Å². The molecular weight excluding hydrogens is 482 g/mol. The maximum Gasteiger partial charge on any atom is 0.317 e. The second kappa shape index (κ2) is 11.8. The number of amides is 2. The van der Waals surface area contributed by atoms with Crippen LogP contribution in [0.2, 0.25) is 0 Å². The van der Waals surface area contributed by atoms with E-state index in [2.05, 4.69) is 87.7 Å². The van der Waals surface area contributed by atoms with Crippen molar-refractivity contribution in [2.75, 3.05) is 62.2 Å². The van der Waals surface area contributed by atoms with E-state index in [0.29, 0.717) is 17.9 Å². The maximum atomic E-state index is 12.5. The van der Waals surface area contributed by atoms with Crippen LogP contribution in [0.1, 0.15) is 43.2 Å². The summed E-state index contributed by atoms with van der Waals surface area (Å²) in [7, 11) is 0. The fraction of sp³-hybridized carbons (Fsp3) is 0.606. The summed E-state index contributed by atoms with van der Waals surface area (Å²) in [5.41, 5.74) is 5.38. The molecule has 4 atom stereocenters. The van der Waals surface area contributed by atoms with Crippen LogP contribution in [0.5, 0.6) is 0 Å². The van der Waals surface area contributed by atoms with Gasteiger partial charge in [-0.25, -0.2) is 4.79 Å². The second-order valence-electron chi connectivity index (χ2n) is 12.9. The molecule has 4 saturated heterocycles. The molecule has 2 N–H and O–H groups in total. The van der Waals surface area contributed by atoms with E-state index in [0.717, 1.165) is 50.9 Å². The molecule has 2 aromatic rings. The molecule has 6 heteroatoms. The highest BCUT2D eigenvalue weighted by molar-refractivity contribution is 5.75. The van der Waals surface area contributed by atoms with Gasteiger partial charge in [-0.2, -0.15) is 0 Å². The first-order valence-electron chi connectivity index (χ1n) is 15.4. The molecule has 7 rings (SSSR count). The number of carbonyl (C=O) groups excluding carboxylic acids is 1. The Bertz CT molecular complexity index is 1070. The Hall–Kier alpha value is -2.73. The molecule has 4 aliphatic heterocycles. The van der Waals surface area contributed by atoms with Crippen molar-refractivity contribution in [1.82, 2.24) is 15.5 Å². The second-order valence-corrected chi connectivity index (χ2v) is 12.9. The third-order valence-electron chi connectivity index (χ3n) is 9.89. The summed E-state index contributed by atoms with van der Waals surface area (Å²) in [5.74, 6) is 3.02. The van der Waals surface area contributed by atoms with Crippen LogP contribution in [-0.2, 0) is 0 Å². The third-order valence-corrected chi connectivity index (χ3v) is 9.89. The van der Waals surface area contributed by atoms with Crippen molar-refractivity contribution in [2.45, 2.75) is 52.0 Å². The number of hydrogen-bond acceptors (Lipinski definition) is 4. The Morgan fingerprint density at radius 3 is 1.62 bits per heavy atom. The predicted octanol–water partition coefficient (Wildman–Crippen LogP) is 5.06. The molecule has 0 bridgehead atoms. The van der Waals surface area contributed by atoms with Gasteiger partial charge < -0.3 is 25.3 Å². The number of benzene rings is 2. The number of aryl methyl sites for hydroxylation is 2. The van der Waals surface area contributed by atoms with Gasteiger partial charge in [0.15, 0.2) is 0 Å². The lowest BCUT2D eigenvalue weighted by atomic mass is 9.96. The van der Waals surface area contributed by atoms with E-state index in [1.165, 1.54) is 67.9 Å². The molecule has 0 spiro atoms. The van der Waals surface area contributed by atoms with Crippen LogP contribution in [0.25, 0.3) is 0 Å². The molecule has 0 aromatic heterocycles. The van der Waals surface area contributed by atoms with Crippen molar-refractivity contribution in [3.05, 3.63) is 59.7 Å². The average Bonchev–Trinajstić information content (AvgIpc) is 3.71. The van der Waals surface area contributed by atoms with Crippen LogP contribution in [0.3, 0.4) is 0 Å². The Morgan fingerprint density at radius 1 is 0.667 bits per heavy atom. The smallest absolute Gasteiger partial charge is 0.317 e. The van der Waals surface area contributed by atoms with Crippen LogP contribution in [0.4, 0.5) is 16.2 Å². The molecule has 6 nitrogen and oxygen atoms in total. The topological polar surface area (TPSA) is 50.9 Å². The third kappa shape index (κ3) is 6.21. The van der Waals surface area contributed by atoms with Crippen molar-refractivity contribution in [3.8, 4) is 0 Å². The van der Waals surface area contributed by atoms with Gasteiger partial charge in [0, 0.05) is 81.6 Å². The first kappa shape index (κ1) is 26.5. The first-order valence-corrected chi connectivity index (χ1v) is 15.4. The number of nitrogens with zero attached hydrogens (tertiary/aromatic N) is 3. The molecule has 2 amide bonds. The van der Waals surface area contributed by atoms with Gasteiger partial charge in [-0.1, -0.05) is 54.7 Å². The normalized spacial score (nSPS) is 28.2. The van der Waals surface area contributed by atoms with Crippen molar-refractivity contribution >= 4 is 17.4 Å². The van der Waals surface area contributed by atoms with Crippen LogP contribution in [0.15, 0.2) is 48.5 Å². The zero-order valence-corrected chi connectivity index (χ0v) is 23.9. The van der Waals surface area contributed by atoms with Crippen molar-refractivity contribution in [2.24, 2.45) is 23.7 Å². The summed E-state index contributed by atoms with van der Waals surface area (Å²) < 4.78 is 0. The molecule has 2 aromatic carbocycles. The molecule has 5 aliphatic rings. The summed E-state index contributed by atoms with van der Waals surface area (Å²) in [6.07, 6.45) is 6.18. The molecule has 0 unspecified atom stereocenters. The fourth-order valence-electron chi connectivity index (χ4n) is 7.46. The van der Waals surface area contributed by atoms with Crippen molar-refractivity contribution in [3.63, 3.8) is 0 Å². The van der Waals surface area contributed by atoms with E-state index in [9.17, 15) is 4.79 Å². The van der Waals surface area contributed by atoms with Gasteiger partial charge in [0.05, 0.1) is 0 Å². The van der Waals surface area contributed by atoms with Crippen LogP contribution in [-0.4, -0.2) is 69.3 Å². The predicted molar refractivity (Wildman–Crippen MR) is 161 cm³/mol. The minimum Gasteiger partial charge on any atom is -0.371 e. The Morgan fingerprint density at radius 2 is 1.13 bits per heavy atom. The quantitative estimate of drug-likeness (QED) is 0.584. The van der Waals surface area contributed by atoms with E-state index < -0.39 is 0 Å². The molecule has 0 radical (unpaired) electrons. The maximum absolute atomic E-state index is 12.5. The van der Waals surface area contributed by atoms with Gasteiger partial charge in [-0.15, -0.1) is 0 Å². The van der Waals surface area contributed by atoms with Gasteiger partial charge in [0.1, 0.15) is 0 Å². The van der Waals surface area contributed by atoms with Crippen LogP contribution < -0.4 is 20.4 Å². The largest absolute Gasteiger partial charge is 0.371 e. The van der Waals surface area contributed by atoms with Crippen molar-refractivity contribution in [1.29, 1.82) is 0 Å². The van der Waals surface area contributed by atoms with Crippen molar-refractivity contribution < 1.29 is 4.79 Å². The Labute approximate surface area is 235 Å². The molecule has 4 heterocycles. The average molecular weight is 530 g/mol. The number of anilines is 2. The lowest BCUT2D eigenvalue weighted by molar-refractivity contribution is 0.197. The summed E-state index contributed by atoms with van der Waals surface area (Å²) in [5, 5.41) is 6.75. The molecular formula is C33H47N5O. The number of carbonyl (C=O) groups is 1. The first-order chi connectivity index (χ1) is 19.0. The fourth-order valence-corrected chi connectivity index (χ4v) is 7.46. The van der Waals surface area contributed by atoms with Gasteiger partial charge in [0.2, 0.25) is 0 Å². The zero-order chi connectivity index (χ0) is 26.8. The number of likely N-dealkylation sites (tertiary alicyclic amines) is 1. The number of rotatable bonds is 3. The highest BCUT2D eigenvalue weighted by Crippen LogP contribution is 2.34. The lowest BCUT2D eigenvalue weighted by Crippen LogP contribution is -2.45. The van der Waals surface area contributed by atoms with Crippen LogP contribution in [0, 0.1) is 37.5 Å².